The van der Waals surface area contributed by atoms with Crippen LogP contribution in [0.25, 0.3) is 127 Å². The van der Waals surface area contributed by atoms with Gasteiger partial charge in [-0.05, 0) is 68.7 Å². The topological polar surface area (TPSA) is 56.7 Å². The van der Waals surface area contributed by atoms with Gasteiger partial charge >= 0.3 is 0 Å². The van der Waals surface area contributed by atoms with Crippen molar-refractivity contribution in [2.75, 3.05) is 0 Å². The number of rotatable bonds is 4. The lowest BCUT2D eigenvalue weighted by Gasteiger charge is -2.15. The third-order valence-electron chi connectivity index (χ3n) is 11.9. The van der Waals surface area contributed by atoms with Crippen molar-refractivity contribution in [1.82, 2.24) is 19.5 Å². The smallest absolute Gasteiger partial charge is 0.164 e. The molecular weight excluding hydrogens is 709 g/mol. The van der Waals surface area contributed by atoms with Crippen LogP contribution in [0.4, 0.5) is 0 Å². The molecule has 9 aromatic carbocycles. The fraction of sp³-hybridized carbons (Fsp3) is 0. The van der Waals surface area contributed by atoms with Gasteiger partial charge in [-0.1, -0.05) is 152 Å². The van der Waals surface area contributed by atoms with Crippen LogP contribution < -0.4 is 0 Å². The van der Waals surface area contributed by atoms with E-state index in [2.05, 4.69) is 126 Å². The monoisotopic (exact) mass is 738 g/mol. The van der Waals surface area contributed by atoms with Gasteiger partial charge < -0.3 is 8.98 Å². The van der Waals surface area contributed by atoms with Gasteiger partial charge in [0.05, 0.1) is 16.7 Å². The first kappa shape index (κ1) is 31.3. The summed E-state index contributed by atoms with van der Waals surface area (Å²) >= 11 is 0. The fourth-order valence-electron chi connectivity index (χ4n) is 9.42. The van der Waals surface area contributed by atoms with Gasteiger partial charge in [-0.15, -0.1) is 0 Å². The minimum Gasteiger partial charge on any atom is -0.454 e. The van der Waals surface area contributed by atoms with Crippen LogP contribution in [0.3, 0.4) is 0 Å². The van der Waals surface area contributed by atoms with E-state index < -0.39 is 0 Å². The van der Waals surface area contributed by atoms with Crippen LogP contribution in [0.2, 0.25) is 0 Å². The van der Waals surface area contributed by atoms with Gasteiger partial charge in [0, 0.05) is 43.6 Å². The minimum atomic E-state index is 0.592. The molecule has 0 radical (unpaired) electrons. The number of hydrogen-bond donors (Lipinski definition) is 0. The number of aromatic nitrogens is 4. The number of fused-ring (bicyclic) bond motifs is 8. The Bertz CT molecular complexity index is 3620. The van der Waals surface area contributed by atoms with E-state index in [9.17, 15) is 0 Å². The van der Waals surface area contributed by atoms with Crippen molar-refractivity contribution in [2.24, 2.45) is 0 Å². The number of hydrogen-bond acceptors (Lipinski definition) is 4. The van der Waals surface area contributed by atoms with Crippen LogP contribution in [0.5, 0.6) is 0 Å². The average molecular weight is 739 g/mol. The second-order valence-electron chi connectivity index (χ2n) is 15.1. The van der Waals surface area contributed by atoms with Crippen molar-refractivity contribution >= 4 is 65.3 Å². The van der Waals surface area contributed by atoms with Crippen molar-refractivity contribution in [3.8, 4) is 62.1 Å². The van der Waals surface area contributed by atoms with Crippen LogP contribution in [0.15, 0.2) is 186 Å². The van der Waals surface area contributed by atoms with Crippen molar-refractivity contribution in [2.45, 2.75) is 0 Å². The van der Waals surface area contributed by atoms with E-state index in [-0.39, 0.29) is 0 Å². The summed E-state index contributed by atoms with van der Waals surface area (Å²) < 4.78 is 9.48. The summed E-state index contributed by atoms with van der Waals surface area (Å²) in [6.07, 6.45) is 0. The summed E-state index contributed by atoms with van der Waals surface area (Å²) in [6.45, 7) is 0. The first-order chi connectivity index (χ1) is 28.8. The van der Waals surface area contributed by atoms with Crippen LogP contribution >= 0.6 is 0 Å². The maximum absolute atomic E-state index is 7.03. The second kappa shape index (κ2) is 11.8. The van der Waals surface area contributed by atoms with E-state index in [0.29, 0.717) is 17.5 Å². The van der Waals surface area contributed by atoms with Crippen molar-refractivity contribution < 1.29 is 4.42 Å². The normalized spacial score (nSPS) is 12.1. The second-order valence-corrected chi connectivity index (χ2v) is 15.1. The summed E-state index contributed by atoms with van der Waals surface area (Å²) in [5, 5.41) is 9.56. The highest BCUT2D eigenvalue weighted by atomic mass is 16.3. The highest BCUT2D eigenvalue weighted by molar-refractivity contribution is 6.34. The molecule has 268 valence electrons. The Morgan fingerprint density at radius 1 is 0.379 bits per heavy atom. The zero-order valence-electron chi connectivity index (χ0n) is 31.0. The number of furan rings is 1. The Labute approximate surface area is 332 Å². The molecule has 0 aliphatic heterocycles. The predicted molar refractivity (Wildman–Crippen MR) is 237 cm³/mol. The van der Waals surface area contributed by atoms with Gasteiger partial charge in [-0.2, -0.15) is 0 Å². The van der Waals surface area contributed by atoms with E-state index in [1.807, 2.05) is 60.7 Å². The van der Waals surface area contributed by atoms with Crippen LogP contribution in [-0.4, -0.2) is 19.5 Å². The maximum Gasteiger partial charge on any atom is 0.164 e. The molecule has 0 saturated heterocycles. The quantitative estimate of drug-likeness (QED) is 0.180. The van der Waals surface area contributed by atoms with Crippen LogP contribution in [0, 0.1) is 0 Å². The molecule has 0 fully saturated rings. The Hall–Kier alpha value is -7.89. The van der Waals surface area contributed by atoms with E-state index in [0.717, 1.165) is 49.8 Å². The lowest BCUT2D eigenvalue weighted by Crippen LogP contribution is -2.00. The molecule has 1 aliphatic carbocycles. The molecule has 0 unspecified atom stereocenters. The van der Waals surface area contributed by atoms with E-state index in [1.54, 1.807) is 0 Å². The van der Waals surface area contributed by atoms with Crippen molar-refractivity contribution in [3.05, 3.63) is 182 Å². The van der Waals surface area contributed by atoms with Crippen molar-refractivity contribution in [1.29, 1.82) is 0 Å². The highest BCUT2D eigenvalue weighted by Gasteiger charge is 2.27. The summed E-state index contributed by atoms with van der Waals surface area (Å²) in [5.41, 5.74) is 12.7. The number of benzene rings is 9. The van der Waals surface area contributed by atoms with Gasteiger partial charge in [-0.25, -0.2) is 15.0 Å². The Balaban J connectivity index is 1.09. The van der Waals surface area contributed by atoms with E-state index in [1.165, 1.54) is 60.1 Å². The Morgan fingerprint density at radius 2 is 1.00 bits per heavy atom. The highest BCUT2D eigenvalue weighted by Crippen LogP contribution is 2.52. The van der Waals surface area contributed by atoms with Gasteiger partial charge in [-0.3, -0.25) is 0 Å². The molecule has 58 heavy (non-hydrogen) atoms. The average Bonchev–Trinajstić information content (AvgIpc) is 3.82. The molecule has 5 nitrogen and oxygen atoms in total. The molecule has 3 aromatic heterocycles. The Morgan fingerprint density at radius 3 is 1.78 bits per heavy atom. The zero-order chi connectivity index (χ0) is 37.9. The molecule has 1 aliphatic rings. The zero-order valence-corrected chi connectivity index (χ0v) is 31.0. The summed E-state index contributed by atoms with van der Waals surface area (Å²) in [6, 6.07) is 64.3. The van der Waals surface area contributed by atoms with Gasteiger partial charge in [0.2, 0.25) is 0 Å². The molecule has 0 N–H and O–H groups in total. The minimum absolute atomic E-state index is 0.592. The molecule has 3 heterocycles. The molecule has 0 saturated carbocycles. The number of para-hydroxylation sites is 1. The molecule has 0 bridgehead atoms. The SMILES string of the molecule is c1ccc(-c2nc(-c3ccccc3)nc(-c3ccc4c(c3)oc3c(-n5c6ccc7cccc8c7c6c6c(cc7ccccc7c65)-c5ccccc5-8)cccc34)n2)cc1. The first-order valence-electron chi connectivity index (χ1n) is 19.6. The summed E-state index contributed by atoms with van der Waals surface area (Å²) in [7, 11) is 0. The molecule has 13 rings (SSSR count). The van der Waals surface area contributed by atoms with E-state index >= 15 is 0 Å². The molecule has 0 spiro atoms. The fourth-order valence-corrected chi connectivity index (χ4v) is 9.42. The molecule has 5 heteroatoms. The van der Waals surface area contributed by atoms with Gasteiger partial charge in [0.25, 0.3) is 0 Å². The third-order valence-corrected chi connectivity index (χ3v) is 11.9. The Kier molecular flexibility index (Phi) is 6.38. The number of nitrogens with zero attached hydrogens (tertiary/aromatic N) is 4. The lowest BCUT2D eigenvalue weighted by molar-refractivity contribution is 0.666. The van der Waals surface area contributed by atoms with Gasteiger partial charge in [0.15, 0.2) is 23.1 Å². The standard InChI is InChI=1S/C53H30N4O/c1-3-13-32(14-4-1)51-54-52(33-15-5-2-6-16-33)56-53(55-51)35-25-27-39-41-23-12-24-44(50(41)58-45(39)30-35)57-43-28-26-31-18-11-22-40-37-20-9-10-21-38(37)42-29-34-17-7-8-19-36(34)49(57)47(42)48(43)46(31)40/h1-30H. The molecular formula is C53H30N4O. The largest absolute Gasteiger partial charge is 0.454 e. The predicted octanol–water partition coefficient (Wildman–Crippen LogP) is 13.8. The van der Waals surface area contributed by atoms with Gasteiger partial charge in [0.1, 0.15) is 5.58 Å². The third kappa shape index (κ3) is 4.38. The summed E-state index contributed by atoms with van der Waals surface area (Å²) in [5.74, 6) is 1.84. The van der Waals surface area contributed by atoms with Crippen LogP contribution in [-0.2, 0) is 0 Å². The molecule has 0 amide bonds. The maximum atomic E-state index is 7.03. The summed E-state index contributed by atoms with van der Waals surface area (Å²) in [4.78, 5) is 14.9. The lowest BCUT2D eigenvalue weighted by atomic mass is 9.92. The molecule has 12 aromatic rings. The van der Waals surface area contributed by atoms with Crippen LogP contribution in [0.1, 0.15) is 0 Å². The van der Waals surface area contributed by atoms with Crippen molar-refractivity contribution in [3.63, 3.8) is 0 Å². The first-order valence-corrected chi connectivity index (χ1v) is 19.6. The molecule has 0 atom stereocenters. The van der Waals surface area contributed by atoms with E-state index in [4.69, 9.17) is 19.4 Å².